The Bertz CT molecular complexity index is 508. The number of carbonyl (C=O) groups excluding carboxylic acids is 2. The molecule has 4 nitrogen and oxygen atoms in total. The van der Waals surface area contributed by atoms with Gasteiger partial charge in [-0.05, 0) is 30.7 Å². The number of likely N-dealkylation sites (tertiary alicyclic amines) is 1. The van der Waals surface area contributed by atoms with E-state index in [1.54, 1.807) is 0 Å². The topological polar surface area (TPSA) is 49.4 Å². The van der Waals surface area contributed by atoms with E-state index in [-0.39, 0.29) is 17.7 Å². The molecule has 0 atom stereocenters. The highest BCUT2D eigenvalue weighted by Gasteiger charge is 2.27. The molecule has 1 aliphatic heterocycles. The minimum absolute atomic E-state index is 0.0666. The molecule has 1 fully saturated rings. The molecule has 0 aromatic carbocycles. The third-order valence-corrected chi connectivity index (χ3v) is 5.82. The predicted molar refractivity (Wildman–Crippen MR) is 104 cm³/mol. The van der Waals surface area contributed by atoms with Crippen molar-refractivity contribution < 1.29 is 9.59 Å². The Hall–Kier alpha value is -1.36. The van der Waals surface area contributed by atoms with Crippen LogP contribution in [0, 0.1) is 5.92 Å². The molecule has 0 bridgehead atoms. The van der Waals surface area contributed by atoms with Gasteiger partial charge in [0.25, 0.3) is 5.91 Å². The Balaban J connectivity index is 1.56. The van der Waals surface area contributed by atoms with E-state index >= 15 is 0 Å². The van der Waals surface area contributed by atoms with Gasteiger partial charge in [0.1, 0.15) is 0 Å². The van der Waals surface area contributed by atoms with Gasteiger partial charge in [0.2, 0.25) is 5.91 Å². The zero-order valence-electron chi connectivity index (χ0n) is 15.5. The van der Waals surface area contributed by atoms with Crippen LogP contribution < -0.4 is 5.32 Å². The second-order valence-electron chi connectivity index (χ2n) is 6.96. The fraction of sp³-hybridized carbons (Fsp3) is 0.700. The standard InChI is InChI=1S/C20H32N2O2S/c1-2-3-4-5-6-7-8-13-21-19(23)17-11-14-22(15-12-17)20(24)18-10-9-16-25-18/h9-10,16-17H,2-8,11-15H2,1H3,(H,21,23). The summed E-state index contributed by atoms with van der Waals surface area (Å²) >= 11 is 1.48. The summed E-state index contributed by atoms with van der Waals surface area (Å²) in [5, 5.41) is 5.01. The maximum absolute atomic E-state index is 12.3. The van der Waals surface area contributed by atoms with Crippen molar-refractivity contribution in [3.05, 3.63) is 22.4 Å². The molecule has 0 spiro atoms. The average molecular weight is 365 g/mol. The van der Waals surface area contributed by atoms with Crippen molar-refractivity contribution in [1.82, 2.24) is 10.2 Å². The molecule has 1 N–H and O–H groups in total. The monoisotopic (exact) mass is 364 g/mol. The first-order valence-corrected chi connectivity index (χ1v) is 10.7. The van der Waals surface area contributed by atoms with Gasteiger partial charge < -0.3 is 10.2 Å². The number of nitrogens with zero attached hydrogens (tertiary/aromatic N) is 1. The molecular formula is C20H32N2O2S. The van der Waals surface area contributed by atoms with E-state index in [1.165, 1.54) is 49.9 Å². The van der Waals surface area contributed by atoms with Gasteiger partial charge in [0.05, 0.1) is 4.88 Å². The predicted octanol–water partition coefficient (Wildman–Crippen LogP) is 4.47. The molecule has 2 heterocycles. The van der Waals surface area contributed by atoms with Gasteiger partial charge in [-0.15, -0.1) is 11.3 Å². The third kappa shape index (κ3) is 6.81. The van der Waals surface area contributed by atoms with Crippen molar-refractivity contribution in [3.63, 3.8) is 0 Å². The molecule has 2 rings (SSSR count). The SMILES string of the molecule is CCCCCCCCCNC(=O)C1CCN(C(=O)c2cccs2)CC1. The van der Waals surface area contributed by atoms with Crippen LogP contribution in [-0.2, 0) is 4.79 Å². The molecule has 25 heavy (non-hydrogen) atoms. The molecule has 5 heteroatoms. The summed E-state index contributed by atoms with van der Waals surface area (Å²) in [6.07, 6.45) is 10.4. The molecule has 140 valence electrons. The number of hydrogen-bond donors (Lipinski definition) is 1. The highest BCUT2D eigenvalue weighted by molar-refractivity contribution is 7.12. The number of carbonyl (C=O) groups is 2. The third-order valence-electron chi connectivity index (χ3n) is 4.96. The van der Waals surface area contributed by atoms with Crippen LogP contribution in [-0.4, -0.2) is 36.3 Å². The second kappa shape index (κ2) is 11.3. The lowest BCUT2D eigenvalue weighted by Crippen LogP contribution is -2.43. The van der Waals surface area contributed by atoms with Crippen LogP contribution in [0.1, 0.15) is 74.4 Å². The van der Waals surface area contributed by atoms with Crippen molar-refractivity contribution >= 4 is 23.2 Å². The first kappa shape index (κ1) is 20.0. The first-order chi connectivity index (χ1) is 12.2. The molecule has 0 aliphatic carbocycles. The summed E-state index contributed by atoms with van der Waals surface area (Å²) in [6.45, 7) is 4.40. The fourth-order valence-corrected chi connectivity index (χ4v) is 4.03. The van der Waals surface area contributed by atoms with Crippen LogP contribution in [0.2, 0.25) is 0 Å². The Morgan fingerprint density at radius 2 is 1.80 bits per heavy atom. The zero-order chi connectivity index (χ0) is 17.9. The summed E-state index contributed by atoms with van der Waals surface area (Å²) in [5.41, 5.74) is 0. The Labute approximate surface area is 156 Å². The summed E-state index contributed by atoms with van der Waals surface area (Å²) in [5.74, 6) is 0.350. The first-order valence-electron chi connectivity index (χ1n) is 9.83. The van der Waals surface area contributed by atoms with E-state index in [4.69, 9.17) is 0 Å². The zero-order valence-corrected chi connectivity index (χ0v) is 16.3. The van der Waals surface area contributed by atoms with Crippen LogP contribution in [0.15, 0.2) is 17.5 Å². The number of hydrogen-bond acceptors (Lipinski definition) is 3. The molecule has 1 aromatic rings. The number of unbranched alkanes of at least 4 members (excludes halogenated alkanes) is 6. The minimum Gasteiger partial charge on any atom is -0.356 e. The van der Waals surface area contributed by atoms with Crippen LogP contribution in [0.4, 0.5) is 0 Å². The van der Waals surface area contributed by atoms with E-state index in [1.807, 2.05) is 22.4 Å². The van der Waals surface area contributed by atoms with E-state index in [9.17, 15) is 9.59 Å². The van der Waals surface area contributed by atoms with Gasteiger partial charge in [-0.2, -0.15) is 0 Å². The Kier molecular flexibility index (Phi) is 9.02. The Morgan fingerprint density at radius 1 is 1.12 bits per heavy atom. The number of nitrogens with one attached hydrogen (secondary N) is 1. The maximum atomic E-state index is 12.3. The number of rotatable bonds is 10. The smallest absolute Gasteiger partial charge is 0.263 e. The lowest BCUT2D eigenvalue weighted by Gasteiger charge is -2.31. The van der Waals surface area contributed by atoms with Crippen molar-refractivity contribution in [1.29, 1.82) is 0 Å². The van der Waals surface area contributed by atoms with Crippen LogP contribution in [0.25, 0.3) is 0 Å². The Morgan fingerprint density at radius 3 is 2.44 bits per heavy atom. The highest BCUT2D eigenvalue weighted by atomic mass is 32.1. The second-order valence-corrected chi connectivity index (χ2v) is 7.90. The van der Waals surface area contributed by atoms with Gasteiger partial charge in [-0.25, -0.2) is 0 Å². The highest BCUT2D eigenvalue weighted by Crippen LogP contribution is 2.21. The van der Waals surface area contributed by atoms with Crippen molar-refractivity contribution in [2.75, 3.05) is 19.6 Å². The van der Waals surface area contributed by atoms with Gasteiger partial charge in [-0.3, -0.25) is 9.59 Å². The van der Waals surface area contributed by atoms with Gasteiger partial charge >= 0.3 is 0 Å². The normalized spacial score (nSPS) is 15.3. The molecule has 0 radical (unpaired) electrons. The lowest BCUT2D eigenvalue weighted by atomic mass is 9.95. The molecule has 0 saturated carbocycles. The van der Waals surface area contributed by atoms with Crippen molar-refractivity contribution in [2.45, 2.75) is 64.7 Å². The summed E-state index contributed by atoms with van der Waals surface area (Å²) < 4.78 is 0. The molecule has 1 aromatic heterocycles. The van der Waals surface area contributed by atoms with Gasteiger partial charge in [0, 0.05) is 25.6 Å². The molecule has 1 aliphatic rings. The number of amides is 2. The van der Waals surface area contributed by atoms with Crippen LogP contribution in [0.5, 0.6) is 0 Å². The minimum atomic E-state index is 0.0666. The molecule has 1 saturated heterocycles. The molecule has 2 amide bonds. The van der Waals surface area contributed by atoms with E-state index in [0.717, 1.165) is 30.7 Å². The van der Waals surface area contributed by atoms with Gasteiger partial charge in [0.15, 0.2) is 0 Å². The fourth-order valence-electron chi connectivity index (χ4n) is 3.34. The van der Waals surface area contributed by atoms with E-state index < -0.39 is 0 Å². The van der Waals surface area contributed by atoms with E-state index in [0.29, 0.717) is 13.1 Å². The number of piperidine rings is 1. The molecule has 0 unspecified atom stereocenters. The van der Waals surface area contributed by atoms with Crippen LogP contribution in [0.3, 0.4) is 0 Å². The largest absolute Gasteiger partial charge is 0.356 e. The van der Waals surface area contributed by atoms with Crippen molar-refractivity contribution in [2.24, 2.45) is 5.92 Å². The van der Waals surface area contributed by atoms with E-state index in [2.05, 4.69) is 12.2 Å². The quantitative estimate of drug-likeness (QED) is 0.623. The average Bonchev–Trinajstić information content (AvgIpc) is 3.18. The van der Waals surface area contributed by atoms with Crippen LogP contribution >= 0.6 is 11.3 Å². The summed E-state index contributed by atoms with van der Waals surface area (Å²) in [6, 6.07) is 3.77. The number of thiophene rings is 1. The summed E-state index contributed by atoms with van der Waals surface area (Å²) in [4.78, 5) is 27.3. The maximum Gasteiger partial charge on any atom is 0.263 e. The lowest BCUT2D eigenvalue weighted by molar-refractivity contribution is -0.126. The van der Waals surface area contributed by atoms with Crippen molar-refractivity contribution in [3.8, 4) is 0 Å². The van der Waals surface area contributed by atoms with Gasteiger partial charge in [-0.1, -0.05) is 51.5 Å². The molecular weight excluding hydrogens is 332 g/mol. The summed E-state index contributed by atoms with van der Waals surface area (Å²) in [7, 11) is 0.